The number of rotatable bonds is 3. The van der Waals surface area contributed by atoms with E-state index in [1.807, 2.05) is 0 Å². The predicted octanol–water partition coefficient (Wildman–Crippen LogP) is 1.61. The van der Waals surface area contributed by atoms with Crippen molar-refractivity contribution in [2.45, 2.75) is 4.90 Å². The Bertz CT molecular complexity index is 701. The molecule has 0 amide bonds. The van der Waals surface area contributed by atoms with Gasteiger partial charge in [-0.25, -0.2) is 13.4 Å². The zero-order valence-corrected chi connectivity index (χ0v) is 10.6. The molecule has 0 saturated heterocycles. The van der Waals surface area contributed by atoms with Crippen molar-refractivity contribution in [2.75, 3.05) is 11.5 Å². The largest absolute Gasteiger partial charge is 0.454 e. The van der Waals surface area contributed by atoms with E-state index in [1.54, 1.807) is 24.3 Å². The molecule has 0 saturated carbocycles. The summed E-state index contributed by atoms with van der Waals surface area (Å²) in [6.07, 6.45) is 1.51. The van der Waals surface area contributed by atoms with Crippen molar-refractivity contribution < 1.29 is 17.9 Å². The van der Waals surface area contributed by atoms with Gasteiger partial charge in [-0.3, -0.25) is 4.72 Å². The molecule has 1 N–H and O–H groups in total. The van der Waals surface area contributed by atoms with E-state index in [0.29, 0.717) is 11.5 Å². The molecule has 1 aromatic heterocycles. The quantitative estimate of drug-likeness (QED) is 0.923. The third-order valence-corrected chi connectivity index (χ3v) is 3.91. The average Bonchev–Trinajstić information content (AvgIpc) is 2.86. The van der Waals surface area contributed by atoms with Gasteiger partial charge in [0.25, 0.3) is 10.0 Å². The van der Waals surface area contributed by atoms with E-state index in [2.05, 4.69) is 9.71 Å². The molecule has 3 rings (SSSR count). The second kappa shape index (κ2) is 4.43. The number of anilines is 1. The van der Waals surface area contributed by atoms with Gasteiger partial charge in [-0.05, 0) is 24.3 Å². The Morgan fingerprint density at radius 1 is 1.11 bits per heavy atom. The maximum absolute atomic E-state index is 12.2. The van der Waals surface area contributed by atoms with E-state index in [-0.39, 0.29) is 17.5 Å². The van der Waals surface area contributed by atoms with Gasteiger partial charge in [-0.15, -0.1) is 0 Å². The van der Waals surface area contributed by atoms with Gasteiger partial charge in [0.15, 0.2) is 11.5 Å². The first-order valence-electron chi connectivity index (χ1n) is 5.49. The van der Waals surface area contributed by atoms with E-state index in [4.69, 9.17) is 9.47 Å². The van der Waals surface area contributed by atoms with Gasteiger partial charge in [0.2, 0.25) is 6.79 Å². The van der Waals surface area contributed by atoms with Crippen LogP contribution in [0.4, 0.5) is 5.82 Å². The summed E-state index contributed by atoms with van der Waals surface area (Å²) >= 11 is 0. The van der Waals surface area contributed by atoms with E-state index >= 15 is 0 Å². The summed E-state index contributed by atoms with van der Waals surface area (Å²) in [6.45, 7) is 0.104. The summed E-state index contributed by atoms with van der Waals surface area (Å²) < 4.78 is 37.0. The summed E-state index contributed by atoms with van der Waals surface area (Å²) in [5.74, 6) is 1.22. The molecule has 7 heteroatoms. The summed E-state index contributed by atoms with van der Waals surface area (Å²) in [5, 5.41) is 0. The molecule has 0 fully saturated rings. The molecule has 0 atom stereocenters. The fraction of sp³-hybridized carbons (Fsp3) is 0.0833. The van der Waals surface area contributed by atoms with Gasteiger partial charge in [0.05, 0.1) is 4.90 Å². The molecular formula is C12H10N2O4S. The van der Waals surface area contributed by atoms with Gasteiger partial charge in [0, 0.05) is 12.3 Å². The maximum Gasteiger partial charge on any atom is 0.263 e. The summed E-state index contributed by atoms with van der Waals surface area (Å²) in [6, 6.07) is 9.43. The number of pyridine rings is 1. The Hall–Kier alpha value is -2.28. The van der Waals surface area contributed by atoms with Gasteiger partial charge in [0.1, 0.15) is 5.82 Å². The number of nitrogens with one attached hydrogen (secondary N) is 1. The Balaban J connectivity index is 1.92. The molecule has 2 aromatic rings. The predicted molar refractivity (Wildman–Crippen MR) is 67.6 cm³/mol. The number of sulfonamides is 1. The lowest BCUT2D eigenvalue weighted by Gasteiger charge is -2.07. The summed E-state index contributed by atoms with van der Waals surface area (Å²) in [5.41, 5.74) is 0. The van der Waals surface area contributed by atoms with Crippen molar-refractivity contribution in [3.05, 3.63) is 42.6 Å². The van der Waals surface area contributed by atoms with E-state index in [1.165, 1.54) is 18.3 Å². The molecule has 6 nitrogen and oxygen atoms in total. The normalized spacial score (nSPS) is 13.3. The molecule has 1 aliphatic heterocycles. The first-order valence-corrected chi connectivity index (χ1v) is 6.97. The van der Waals surface area contributed by atoms with E-state index in [0.717, 1.165) is 0 Å². The molecule has 19 heavy (non-hydrogen) atoms. The molecule has 0 bridgehead atoms. The van der Waals surface area contributed by atoms with Crippen molar-refractivity contribution in [1.82, 2.24) is 4.98 Å². The second-order valence-corrected chi connectivity index (χ2v) is 5.52. The summed E-state index contributed by atoms with van der Waals surface area (Å²) in [4.78, 5) is 4.02. The lowest BCUT2D eigenvalue weighted by Crippen LogP contribution is -2.13. The van der Waals surface area contributed by atoms with Crippen LogP contribution in [0.2, 0.25) is 0 Å². The highest BCUT2D eigenvalue weighted by Crippen LogP contribution is 2.34. The van der Waals surface area contributed by atoms with Crippen LogP contribution in [0.1, 0.15) is 0 Å². The zero-order chi connectivity index (χ0) is 13.3. The zero-order valence-electron chi connectivity index (χ0n) is 9.74. The van der Waals surface area contributed by atoms with Crippen molar-refractivity contribution in [3.8, 4) is 11.5 Å². The van der Waals surface area contributed by atoms with Crippen LogP contribution in [-0.2, 0) is 10.0 Å². The number of hydrogen-bond acceptors (Lipinski definition) is 5. The molecular weight excluding hydrogens is 268 g/mol. The maximum atomic E-state index is 12.2. The molecule has 0 unspecified atom stereocenters. The van der Waals surface area contributed by atoms with Crippen LogP contribution in [0.25, 0.3) is 0 Å². The molecule has 1 aliphatic rings. The smallest absolute Gasteiger partial charge is 0.263 e. The Kier molecular flexibility index (Phi) is 2.75. The van der Waals surface area contributed by atoms with Gasteiger partial charge in [-0.2, -0.15) is 0 Å². The number of aromatic nitrogens is 1. The first kappa shape index (κ1) is 11.8. The van der Waals surface area contributed by atoms with Crippen molar-refractivity contribution in [2.24, 2.45) is 0 Å². The first-order chi connectivity index (χ1) is 9.15. The average molecular weight is 278 g/mol. The number of fused-ring (bicyclic) bond motifs is 1. The standard InChI is InChI=1S/C12H10N2O4S/c15-19(16,14-12-3-1-2-6-13-12)9-4-5-10-11(7-9)18-8-17-10/h1-7H,8H2,(H,13,14). The molecule has 98 valence electrons. The number of nitrogens with zero attached hydrogens (tertiary/aromatic N) is 1. The van der Waals surface area contributed by atoms with E-state index in [9.17, 15) is 8.42 Å². The van der Waals surface area contributed by atoms with Crippen molar-refractivity contribution in [3.63, 3.8) is 0 Å². The number of benzene rings is 1. The van der Waals surface area contributed by atoms with Crippen LogP contribution in [-0.4, -0.2) is 20.2 Å². The molecule has 2 heterocycles. The van der Waals surface area contributed by atoms with Gasteiger partial charge < -0.3 is 9.47 Å². The van der Waals surface area contributed by atoms with Crippen LogP contribution in [0.5, 0.6) is 11.5 Å². The van der Waals surface area contributed by atoms with Gasteiger partial charge in [-0.1, -0.05) is 6.07 Å². The monoisotopic (exact) mass is 278 g/mol. The fourth-order valence-electron chi connectivity index (χ4n) is 1.66. The Morgan fingerprint density at radius 2 is 1.95 bits per heavy atom. The van der Waals surface area contributed by atoms with Crippen LogP contribution in [0.3, 0.4) is 0 Å². The molecule has 0 spiro atoms. The van der Waals surface area contributed by atoms with Crippen LogP contribution in [0, 0.1) is 0 Å². The SMILES string of the molecule is O=S(=O)(Nc1ccccn1)c1ccc2c(c1)OCO2. The highest BCUT2D eigenvalue weighted by molar-refractivity contribution is 7.92. The lowest BCUT2D eigenvalue weighted by molar-refractivity contribution is 0.174. The van der Waals surface area contributed by atoms with Crippen LogP contribution >= 0.6 is 0 Å². The topological polar surface area (TPSA) is 77.5 Å². The molecule has 1 aromatic carbocycles. The molecule has 0 radical (unpaired) electrons. The summed E-state index contributed by atoms with van der Waals surface area (Å²) in [7, 11) is -3.68. The lowest BCUT2D eigenvalue weighted by atomic mass is 10.3. The number of hydrogen-bond donors (Lipinski definition) is 1. The van der Waals surface area contributed by atoms with Crippen molar-refractivity contribution >= 4 is 15.8 Å². The second-order valence-electron chi connectivity index (χ2n) is 3.84. The Morgan fingerprint density at radius 3 is 2.74 bits per heavy atom. The minimum Gasteiger partial charge on any atom is -0.454 e. The number of ether oxygens (including phenoxy) is 2. The fourth-order valence-corrected chi connectivity index (χ4v) is 2.69. The Labute approximate surface area is 110 Å². The van der Waals surface area contributed by atoms with E-state index < -0.39 is 10.0 Å². The minimum absolute atomic E-state index is 0.0994. The minimum atomic E-state index is -3.68. The highest BCUT2D eigenvalue weighted by Gasteiger charge is 2.20. The third kappa shape index (κ3) is 2.32. The highest BCUT2D eigenvalue weighted by atomic mass is 32.2. The van der Waals surface area contributed by atoms with Crippen molar-refractivity contribution in [1.29, 1.82) is 0 Å². The van der Waals surface area contributed by atoms with Crippen LogP contribution in [0.15, 0.2) is 47.5 Å². The third-order valence-electron chi connectivity index (χ3n) is 2.56. The molecule has 0 aliphatic carbocycles. The van der Waals surface area contributed by atoms with Crippen LogP contribution < -0.4 is 14.2 Å². The van der Waals surface area contributed by atoms with Gasteiger partial charge >= 0.3 is 0 Å².